The summed E-state index contributed by atoms with van der Waals surface area (Å²) in [6.07, 6.45) is 8.10. The zero-order valence-corrected chi connectivity index (χ0v) is 8.14. The Morgan fingerprint density at radius 2 is 2.38 bits per heavy atom. The van der Waals surface area contributed by atoms with E-state index in [1.165, 1.54) is 17.8 Å². The van der Waals surface area contributed by atoms with Crippen LogP contribution >= 0.6 is 11.3 Å². The van der Waals surface area contributed by atoms with Crippen LogP contribution in [0.3, 0.4) is 0 Å². The Morgan fingerprint density at radius 3 is 3.00 bits per heavy atom. The lowest BCUT2D eigenvalue weighted by Gasteiger charge is -2.09. The van der Waals surface area contributed by atoms with E-state index in [2.05, 4.69) is 11.1 Å². The van der Waals surface area contributed by atoms with Crippen molar-refractivity contribution in [3.63, 3.8) is 0 Å². The van der Waals surface area contributed by atoms with E-state index >= 15 is 0 Å². The minimum absolute atomic E-state index is 0.183. The van der Waals surface area contributed by atoms with Gasteiger partial charge < -0.3 is 0 Å². The lowest BCUT2D eigenvalue weighted by Crippen LogP contribution is -2.04. The van der Waals surface area contributed by atoms with E-state index in [0.29, 0.717) is 0 Å². The third kappa shape index (κ3) is 1.86. The molecule has 1 aliphatic rings. The molecule has 2 nitrogen and oxygen atoms in total. The van der Waals surface area contributed by atoms with Crippen LogP contribution in [0.4, 0.5) is 0 Å². The molecule has 0 unspecified atom stereocenters. The summed E-state index contributed by atoms with van der Waals surface area (Å²) in [5.74, 6) is 0.183. The largest absolute Gasteiger partial charge is 0.288 e. The fourth-order valence-electron chi connectivity index (χ4n) is 1.53. The highest BCUT2D eigenvalue weighted by atomic mass is 32.1. The van der Waals surface area contributed by atoms with Crippen molar-refractivity contribution in [2.45, 2.75) is 25.7 Å². The van der Waals surface area contributed by atoms with Gasteiger partial charge in [0.05, 0.1) is 10.4 Å². The van der Waals surface area contributed by atoms with Crippen LogP contribution in [0.15, 0.2) is 23.4 Å². The van der Waals surface area contributed by atoms with Gasteiger partial charge in [-0.25, -0.2) is 0 Å². The van der Waals surface area contributed by atoms with Crippen LogP contribution in [0, 0.1) is 0 Å². The number of aromatic nitrogens is 1. The number of Topliss-reactive ketones (excluding diaryl/α,β-unsaturated/α-hetero) is 1. The summed E-state index contributed by atoms with van der Waals surface area (Å²) in [5, 5.41) is 0. The van der Waals surface area contributed by atoms with Gasteiger partial charge >= 0.3 is 0 Å². The number of carbonyl (C=O) groups excluding carboxylic acids is 1. The molecule has 0 aliphatic heterocycles. The Kier molecular flexibility index (Phi) is 2.54. The molecule has 0 fully saturated rings. The first kappa shape index (κ1) is 8.63. The average molecular weight is 193 g/mol. The molecule has 2 rings (SSSR count). The van der Waals surface area contributed by atoms with Crippen LogP contribution in [0.5, 0.6) is 0 Å². The van der Waals surface area contributed by atoms with Gasteiger partial charge in [0, 0.05) is 6.20 Å². The summed E-state index contributed by atoms with van der Waals surface area (Å²) in [6.45, 7) is 0. The minimum atomic E-state index is 0.183. The number of ketones is 1. The topological polar surface area (TPSA) is 30.0 Å². The van der Waals surface area contributed by atoms with E-state index < -0.39 is 0 Å². The van der Waals surface area contributed by atoms with Crippen molar-refractivity contribution in [1.29, 1.82) is 0 Å². The molecule has 0 atom stereocenters. The Balaban J connectivity index is 2.17. The Hall–Kier alpha value is -0.960. The van der Waals surface area contributed by atoms with E-state index in [0.717, 1.165) is 29.7 Å². The molecular formula is C10H11NOS. The van der Waals surface area contributed by atoms with Gasteiger partial charge in [0.15, 0.2) is 5.78 Å². The van der Waals surface area contributed by atoms with Gasteiger partial charge in [0.2, 0.25) is 0 Å². The summed E-state index contributed by atoms with van der Waals surface area (Å²) >= 11 is 1.42. The molecular weight excluding hydrogens is 182 g/mol. The molecule has 0 bridgehead atoms. The fraction of sp³-hybridized carbons (Fsp3) is 0.400. The molecule has 1 heterocycles. The maximum atomic E-state index is 11.8. The molecule has 0 N–H and O–H groups in total. The molecule has 3 heteroatoms. The van der Waals surface area contributed by atoms with Crippen LogP contribution in [-0.2, 0) is 0 Å². The fourth-order valence-corrected chi connectivity index (χ4v) is 2.13. The first-order chi connectivity index (χ1) is 6.38. The predicted molar refractivity (Wildman–Crippen MR) is 53.0 cm³/mol. The average Bonchev–Trinajstić information content (AvgIpc) is 2.71. The second kappa shape index (κ2) is 3.83. The first-order valence-corrected chi connectivity index (χ1v) is 5.38. The molecule has 0 radical (unpaired) electrons. The van der Waals surface area contributed by atoms with E-state index in [4.69, 9.17) is 0 Å². The van der Waals surface area contributed by atoms with Gasteiger partial charge in [0.1, 0.15) is 0 Å². The van der Waals surface area contributed by atoms with Crippen molar-refractivity contribution in [3.05, 3.63) is 28.2 Å². The van der Waals surface area contributed by atoms with Gasteiger partial charge in [-0.2, -0.15) is 0 Å². The zero-order chi connectivity index (χ0) is 9.10. The monoisotopic (exact) mass is 193 g/mol. The molecule has 0 spiro atoms. The maximum absolute atomic E-state index is 11.8. The van der Waals surface area contributed by atoms with Crippen molar-refractivity contribution >= 4 is 17.1 Å². The van der Waals surface area contributed by atoms with Crippen LogP contribution in [0.25, 0.3) is 0 Å². The van der Waals surface area contributed by atoms with Crippen molar-refractivity contribution in [3.8, 4) is 0 Å². The summed E-state index contributed by atoms with van der Waals surface area (Å²) < 4.78 is 0. The molecule has 0 amide bonds. The van der Waals surface area contributed by atoms with E-state index in [1.54, 1.807) is 11.7 Å². The van der Waals surface area contributed by atoms with Crippen LogP contribution < -0.4 is 0 Å². The Labute approximate surface area is 81.3 Å². The van der Waals surface area contributed by atoms with Crippen LogP contribution in [0.1, 0.15) is 35.4 Å². The van der Waals surface area contributed by atoms with Gasteiger partial charge in [-0.15, -0.1) is 11.3 Å². The van der Waals surface area contributed by atoms with Gasteiger partial charge in [0.25, 0.3) is 0 Å². The molecule has 68 valence electrons. The molecule has 1 aromatic rings. The Bertz CT molecular complexity index is 327. The Morgan fingerprint density at radius 1 is 1.46 bits per heavy atom. The number of nitrogens with zero attached hydrogens (tertiary/aromatic N) is 1. The lowest BCUT2D eigenvalue weighted by molar-refractivity contribution is 0.103. The summed E-state index contributed by atoms with van der Waals surface area (Å²) in [6, 6.07) is 0. The molecule has 13 heavy (non-hydrogen) atoms. The standard InChI is InChI=1S/C10H11NOS/c12-10(9-6-11-7-13-9)8-4-2-1-3-5-8/h4,6-7H,1-3,5H2. The molecule has 0 saturated carbocycles. The van der Waals surface area contributed by atoms with Crippen LogP contribution in [0.2, 0.25) is 0 Å². The summed E-state index contributed by atoms with van der Waals surface area (Å²) in [4.78, 5) is 16.4. The SMILES string of the molecule is O=C(C1=CCCCC1)c1cncs1. The predicted octanol–water partition coefficient (Wildman–Crippen LogP) is 2.83. The molecule has 0 saturated heterocycles. The van der Waals surface area contributed by atoms with E-state index in [-0.39, 0.29) is 5.78 Å². The lowest BCUT2D eigenvalue weighted by atomic mass is 9.96. The highest BCUT2D eigenvalue weighted by molar-refractivity contribution is 7.11. The molecule has 1 aromatic heterocycles. The van der Waals surface area contributed by atoms with Gasteiger partial charge in [-0.3, -0.25) is 9.78 Å². The number of hydrogen-bond acceptors (Lipinski definition) is 3. The number of hydrogen-bond donors (Lipinski definition) is 0. The molecule has 1 aliphatic carbocycles. The summed E-state index contributed by atoms with van der Waals surface area (Å²) in [7, 11) is 0. The number of rotatable bonds is 2. The zero-order valence-electron chi connectivity index (χ0n) is 7.32. The quantitative estimate of drug-likeness (QED) is 0.676. The highest BCUT2D eigenvalue weighted by Gasteiger charge is 2.15. The van der Waals surface area contributed by atoms with Gasteiger partial charge in [-0.05, 0) is 31.3 Å². The highest BCUT2D eigenvalue weighted by Crippen LogP contribution is 2.22. The van der Waals surface area contributed by atoms with Crippen molar-refractivity contribution in [2.24, 2.45) is 0 Å². The van der Waals surface area contributed by atoms with Crippen molar-refractivity contribution < 1.29 is 4.79 Å². The normalized spacial score (nSPS) is 16.8. The second-order valence-corrected chi connectivity index (χ2v) is 4.06. The smallest absolute Gasteiger partial charge is 0.200 e. The number of carbonyl (C=O) groups is 1. The molecule has 0 aromatic carbocycles. The van der Waals surface area contributed by atoms with E-state index in [1.807, 2.05) is 0 Å². The number of allylic oxidation sites excluding steroid dienone is 2. The third-order valence-electron chi connectivity index (χ3n) is 2.24. The van der Waals surface area contributed by atoms with Crippen molar-refractivity contribution in [2.75, 3.05) is 0 Å². The van der Waals surface area contributed by atoms with Gasteiger partial charge in [-0.1, -0.05) is 6.08 Å². The summed E-state index contributed by atoms with van der Waals surface area (Å²) in [5.41, 5.74) is 2.69. The first-order valence-electron chi connectivity index (χ1n) is 4.50. The number of thiazole rings is 1. The maximum Gasteiger partial charge on any atom is 0.200 e. The van der Waals surface area contributed by atoms with Crippen LogP contribution in [-0.4, -0.2) is 10.8 Å². The van der Waals surface area contributed by atoms with Crippen molar-refractivity contribution in [1.82, 2.24) is 4.98 Å². The third-order valence-corrected chi connectivity index (χ3v) is 3.01. The minimum Gasteiger partial charge on any atom is -0.288 e. The van der Waals surface area contributed by atoms with E-state index in [9.17, 15) is 4.79 Å². The second-order valence-electron chi connectivity index (χ2n) is 3.17.